The maximum absolute atomic E-state index is 12.5. The minimum Gasteiger partial charge on any atom is -0.480 e. The lowest BCUT2D eigenvalue weighted by molar-refractivity contribution is -0.270. The lowest BCUT2D eigenvalue weighted by Gasteiger charge is -2.21. The van der Waals surface area contributed by atoms with E-state index in [2.05, 4.69) is 4.74 Å². The molecule has 0 rings (SSSR count). The van der Waals surface area contributed by atoms with Gasteiger partial charge in [-0.3, -0.25) is 4.79 Å². The van der Waals surface area contributed by atoms with Crippen LogP contribution in [0.2, 0.25) is 0 Å². The number of hydrogen-bond acceptors (Lipinski definition) is 3. The Morgan fingerprint density at radius 1 is 1.28 bits per heavy atom. The molecule has 1 unspecified atom stereocenters. The van der Waals surface area contributed by atoms with E-state index in [1.807, 2.05) is 0 Å². The Morgan fingerprint density at radius 2 is 1.78 bits per heavy atom. The highest BCUT2D eigenvalue weighted by Gasteiger charge is 2.63. The van der Waals surface area contributed by atoms with Crippen molar-refractivity contribution in [3.8, 4) is 0 Å². The molecule has 0 aliphatic rings. The van der Waals surface area contributed by atoms with Crippen LogP contribution in [0.5, 0.6) is 0 Å². The zero-order chi connectivity index (χ0) is 14.6. The SMILES string of the molecule is COCCC(NC(=O)C(F)(F)C(F)(F)F)C(=O)O. The Morgan fingerprint density at radius 3 is 2.11 bits per heavy atom. The first-order chi connectivity index (χ1) is 8.04. The van der Waals surface area contributed by atoms with Crippen molar-refractivity contribution >= 4 is 11.9 Å². The van der Waals surface area contributed by atoms with Crippen molar-refractivity contribution < 1.29 is 41.4 Å². The van der Waals surface area contributed by atoms with Gasteiger partial charge in [-0.2, -0.15) is 22.0 Å². The number of aliphatic carboxylic acids is 1. The van der Waals surface area contributed by atoms with Crippen LogP contribution in [0.4, 0.5) is 22.0 Å². The Hall–Kier alpha value is -1.45. The number of carboxylic acid groups (broad SMARTS) is 1. The number of carbonyl (C=O) groups is 2. The van der Waals surface area contributed by atoms with Crippen LogP contribution < -0.4 is 5.32 Å². The molecule has 1 atom stereocenters. The van der Waals surface area contributed by atoms with Gasteiger partial charge < -0.3 is 15.2 Å². The zero-order valence-corrected chi connectivity index (χ0v) is 9.05. The average molecular weight is 279 g/mol. The van der Waals surface area contributed by atoms with Crippen molar-refractivity contribution in [3.05, 3.63) is 0 Å². The lowest BCUT2D eigenvalue weighted by Crippen LogP contribution is -2.54. The fourth-order valence-corrected chi connectivity index (χ4v) is 0.871. The quantitative estimate of drug-likeness (QED) is 0.705. The second-order valence-electron chi connectivity index (χ2n) is 3.22. The van der Waals surface area contributed by atoms with Gasteiger partial charge in [-0.1, -0.05) is 0 Å². The van der Waals surface area contributed by atoms with Crippen molar-refractivity contribution in [3.63, 3.8) is 0 Å². The second kappa shape index (κ2) is 5.94. The summed E-state index contributed by atoms with van der Waals surface area (Å²) in [5.74, 6) is -10.1. The van der Waals surface area contributed by atoms with Crippen LogP contribution in [0, 0.1) is 0 Å². The smallest absolute Gasteiger partial charge is 0.463 e. The molecular formula is C8H10F5NO4. The summed E-state index contributed by atoms with van der Waals surface area (Å²) in [5.41, 5.74) is 0. The summed E-state index contributed by atoms with van der Waals surface area (Å²) in [7, 11) is 1.17. The van der Waals surface area contributed by atoms with Gasteiger partial charge in [-0.15, -0.1) is 0 Å². The summed E-state index contributed by atoms with van der Waals surface area (Å²) in [5, 5.41) is 9.63. The van der Waals surface area contributed by atoms with Crippen molar-refractivity contribution in [1.82, 2.24) is 5.32 Å². The molecule has 0 radical (unpaired) electrons. The van der Waals surface area contributed by atoms with E-state index in [0.29, 0.717) is 0 Å². The molecule has 0 spiro atoms. The third-order valence-corrected chi connectivity index (χ3v) is 1.86. The van der Waals surface area contributed by atoms with Crippen LogP contribution in [0.25, 0.3) is 0 Å². The number of carbonyl (C=O) groups excluding carboxylic acids is 1. The van der Waals surface area contributed by atoms with Crippen LogP contribution in [-0.4, -0.2) is 48.8 Å². The number of amides is 1. The van der Waals surface area contributed by atoms with Crippen molar-refractivity contribution in [2.24, 2.45) is 0 Å². The largest absolute Gasteiger partial charge is 0.480 e. The Balaban J connectivity index is 4.75. The predicted octanol–water partition coefficient (Wildman–Crippen LogP) is 0.790. The van der Waals surface area contributed by atoms with Gasteiger partial charge in [-0.05, 0) is 0 Å². The summed E-state index contributed by atoms with van der Waals surface area (Å²) >= 11 is 0. The molecule has 0 aromatic rings. The summed E-state index contributed by atoms with van der Waals surface area (Å²) in [6.07, 6.45) is -6.52. The van der Waals surface area contributed by atoms with E-state index in [4.69, 9.17) is 5.11 Å². The zero-order valence-electron chi connectivity index (χ0n) is 9.05. The van der Waals surface area contributed by atoms with Gasteiger partial charge in [0.15, 0.2) is 0 Å². The number of halogens is 5. The van der Waals surface area contributed by atoms with Crippen LogP contribution in [0.3, 0.4) is 0 Å². The molecule has 0 aromatic carbocycles. The lowest BCUT2D eigenvalue weighted by atomic mass is 10.2. The Kier molecular flexibility index (Phi) is 5.46. The van der Waals surface area contributed by atoms with E-state index in [0.717, 1.165) is 5.32 Å². The molecular weight excluding hydrogens is 269 g/mol. The standard InChI is InChI=1S/C8H10F5NO4/c1-18-3-2-4(5(15)16)14-6(17)7(9,10)8(11,12)13/h4H,2-3H2,1H3,(H,14,17)(H,15,16). The third kappa shape index (κ3) is 4.09. The van der Waals surface area contributed by atoms with Gasteiger partial charge in [0.1, 0.15) is 6.04 Å². The van der Waals surface area contributed by atoms with E-state index in [9.17, 15) is 31.5 Å². The van der Waals surface area contributed by atoms with Crippen LogP contribution in [-0.2, 0) is 14.3 Å². The molecule has 10 heteroatoms. The number of methoxy groups -OCH3 is 1. The van der Waals surface area contributed by atoms with Gasteiger partial charge in [0, 0.05) is 20.1 Å². The molecule has 0 bridgehead atoms. The number of nitrogens with one attached hydrogen (secondary N) is 1. The van der Waals surface area contributed by atoms with Gasteiger partial charge >= 0.3 is 24.0 Å². The predicted molar refractivity (Wildman–Crippen MR) is 47.1 cm³/mol. The van der Waals surface area contributed by atoms with E-state index in [1.54, 1.807) is 0 Å². The molecule has 1 amide bonds. The fourth-order valence-electron chi connectivity index (χ4n) is 0.871. The van der Waals surface area contributed by atoms with Gasteiger partial charge in [0.05, 0.1) is 0 Å². The Labute approximate surface area is 97.9 Å². The van der Waals surface area contributed by atoms with Crippen LogP contribution >= 0.6 is 0 Å². The van der Waals surface area contributed by atoms with Gasteiger partial charge in [0.2, 0.25) is 0 Å². The van der Waals surface area contributed by atoms with E-state index in [-0.39, 0.29) is 6.61 Å². The first kappa shape index (κ1) is 16.6. The first-order valence-corrected chi connectivity index (χ1v) is 4.51. The highest BCUT2D eigenvalue weighted by molar-refractivity contribution is 5.88. The summed E-state index contributed by atoms with van der Waals surface area (Å²) in [6.45, 7) is -0.227. The maximum atomic E-state index is 12.5. The van der Waals surface area contributed by atoms with Crippen molar-refractivity contribution in [2.45, 2.75) is 24.6 Å². The number of rotatable bonds is 6. The van der Waals surface area contributed by atoms with Gasteiger partial charge in [0.25, 0.3) is 0 Å². The number of hydrogen-bond donors (Lipinski definition) is 2. The van der Waals surface area contributed by atoms with Crippen LogP contribution in [0.15, 0.2) is 0 Å². The molecule has 0 saturated heterocycles. The van der Waals surface area contributed by atoms with E-state index < -0.39 is 36.4 Å². The van der Waals surface area contributed by atoms with E-state index >= 15 is 0 Å². The molecule has 106 valence electrons. The molecule has 0 fully saturated rings. The van der Waals surface area contributed by atoms with Crippen molar-refractivity contribution in [1.29, 1.82) is 0 Å². The molecule has 0 heterocycles. The van der Waals surface area contributed by atoms with Crippen LogP contribution in [0.1, 0.15) is 6.42 Å². The molecule has 5 nitrogen and oxygen atoms in total. The van der Waals surface area contributed by atoms with Gasteiger partial charge in [-0.25, -0.2) is 4.79 Å². The van der Waals surface area contributed by atoms with E-state index in [1.165, 1.54) is 7.11 Å². The number of carboxylic acids is 1. The molecule has 0 saturated carbocycles. The molecule has 18 heavy (non-hydrogen) atoms. The Bertz CT molecular complexity index is 317. The third-order valence-electron chi connectivity index (χ3n) is 1.86. The summed E-state index contributed by atoms with van der Waals surface area (Å²) < 4.78 is 64.9. The molecule has 2 N–H and O–H groups in total. The topological polar surface area (TPSA) is 75.6 Å². The number of alkyl halides is 5. The van der Waals surface area contributed by atoms with Crippen molar-refractivity contribution in [2.75, 3.05) is 13.7 Å². The normalized spacial score (nSPS) is 14.1. The number of ether oxygens (including phenoxy) is 1. The first-order valence-electron chi connectivity index (χ1n) is 4.51. The minimum atomic E-state index is -6.08. The second-order valence-corrected chi connectivity index (χ2v) is 3.22. The monoisotopic (exact) mass is 279 g/mol. The molecule has 0 aromatic heterocycles. The fraction of sp³-hybridized carbons (Fsp3) is 0.750. The highest BCUT2D eigenvalue weighted by Crippen LogP contribution is 2.35. The average Bonchev–Trinajstić information content (AvgIpc) is 2.21. The maximum Gasteiger partial charge on any atom is 0.463 e. The summed E-state index contributed by atoms with van der Waals surface area (Å²) in [4.78, 5) is 21.2. The molecule has 0 aliphatic heterocycles. The molecule has 0 aliphatic carbocycles. The summed E-state index contributed by atoms with van der Waals surface area (Å²) in [6, 6.07) is -1.88. The highest BCUT2D eigenvalue weighted by atomic mass is 19.4. The minimum absolute atomic E-state index is 0.227.